The Morgan fingerprint density at radius 2 is 1.66 bits per heavy atom. The molecule has 5 rings (SSSR count). The van der Waals surface area contributed by atoms with Crippen LogP contribution in [0, 0.1) is 34.5 Å². The Kier molecular flexibility index (Phi) is 4.98. The number of phenols is 2. The van der Waals surface area contributed by atoms with Gasteiger partial charge >= 0.3 is 5.97 Å². The lowest BCUT2D eigenvalue weighted by atomic mass is 9.34. The third kappa shape index (κ3) is 2.87. The summed E-state index contributed by atoms with van der Waals surface area (Å²) in [5.41, 5.74) is 1.99. The van der Waals surface area contributed by atoms with Gasteiger partial charge in [0.05, 0.1) is 12.5 Å². The van der Waals surface area contributed by atoms with Crippen molar-refractivity contribution in [2.24, 2.45) is 27.6 Å². The zero-order valence-electron chi connectivity index (χ0n) is 22.3. The first kappa shape index (κ1) is 24.4. The fourth-order valence-corrected chi connectivity index (χ4v) is 8.96. The number of allylic oxidation sites excluding steroid dienone is 2. The maximum Gasteiger partial charge on any atom is 0.311 e. The third-order valence-electron chi connectivity index (χ3n) is 11.6. The quantitative estimate of drug-likeness (QED) is 0.360. The van der Waals surface area contributed by atoms with Gasteiger partial charge in [0.1, 0.15) is 0 Å². The van der Waals surface area contributed by atoms with E-state index in [0.717, 1.165) is 56.1 Å². The minimum absolute atomic E-state index is 0.0766. The summed E-state index contributed by atoms with van der Waals surface area (Å²) in [6, 6.07) is 1.62. The Morgan fingerprint density at radius 3 is 2.31 bits per heavy atom. The fraction of sp³-hybridized carbons (Fsp3) is 0.667. The van der Waals surface area contributed by atoms with Crippen LogP contribution in [0.3, 0.4) is 0 Å². The zero-order valence-corrected chi connectivity index (χ0v) is 22.3. The topological polar surface area (TPSA) is 83.8 Å². The predicted molar refractivity (Wildman–Crippen MR) is 135 cm³/mol. The van der Waals surface area contributed by atoms with Crippen LogP contribution < -0.4 is 0 Å². The minimum Gasteiger partial charge on any atom is -0.504 e. The molecule has 4 aliphatic rings. The molecule has 0 saturated heterocycles. The van der Waals surface area contributed by atoms with E-state index in [4.69, 9.17) is 4.74 Å². The summed E-state index contributed by atoms with van der Waals surface area (Å²) >= 11 is 0. The molecule has 0 bridgehead atoms. The molecule has 0 aromatic heterocycles. The second kappa shape index (κ2) is 7.14. The molecule has 2 N–H and O–H groups in total. The summed E-state index contributed by atoms with van der Waals surface area (Å²) in [4.78, 5) is 26.4. The van der Waals surface area contributed by atoms with Gasteiger partial charge in [0.2, 0.25) is 0 Å². The lowest BCUT2D eigenvalue weighted by Gasteiger charge is -2.69. The van der Waals surface area contributed by atoms with Gasteiger partial charge in [0, 0.05) is 16.5 Å². The van der Waals surface area contributed by atoms with E-state index in [2.05, 4.69) is 34.6 Å². The van der Waals surface area contributed by atoms with Crippen LogP contribution in [-0.4, -0.2) is 29.1 Å². The molecule has 0 unspecified atom stereocenters. The van der Waals surface area contributed by atoms with Gasteiger partial charge in [0.15, 0.2) is 17.3 Å². The van der Waals surface area contributed by atoms with Crippen LogP contribution in [0.1, 0.15) is 101 Å². The molecule has 0 heterocycles. The molecule has 4 aliphatic carbocycles. The van der Waals surface area contributed by atoms with E-state index < -0.39 is 5.41 Å². The number of methoxy groups -OCH3 is 1. The lowest BCUT2D eigenvalue weighted by molar-refractivity contribution is -0.179. The normalized spacial score (nSPS) is 42.2. The summed E-state index contributed by atoms with van der Waals surface area (Å²) in [6.07, 6.45) is 8.43. The number of hydrogen-bond donors (Lipinski definition) is 2. The van der Waals surface area contributed by atoms with Gasteiger partial charge in [-0.2, -0.15) is 0 Å². The summed E-state index contributed by atoms with van der Waals surface area (Å²) in [6.45, 7) is 13.1. The van der Waals surface area contributed by atoms with E-state index in [1.807, 2.05) is 6.08 Å². The lowest BCUT2D eigenvalue weighted by Crippen LogP contribution is -2.62. The van der Waals surface area contributed by atoms with Gasteiger partial charge in [-0.1, -0.05) is 27.7 Å². The molecule has 6 atom stereocenters. The van der Waals surface area contributed by atoms with E-state index in [1.165, 1.54) is 7.11 Å². The largest absolute Gasteiger partial charge is 0.504 e. The van der Waals surface area contributed by atoms with Crippen molar-refractivity contribution >= 4 is 11.8 Å². The highest BCUT2D eigenvalue weighted by molar-refractivity contribution is 6.10. The number of aromatic hydroxyl groups is 2. The molecular weight excluding hydrogens is 440 g/mol. The number of ether oxygens (including phenoxy) is 1. The Balaban J connectivity index is 1.65. The molecule has 3 fully saturated rings. The molecule has 0 aliphatic heterocycles. The second-order valence-corrected chi connectivity index (χ2v) is 13.3. The number of esters is 1. The number of carbonyl (C=O) groups excluding carboxylic acids is 2. The first-order chi connectivity index (χ1) is 16.2. The van der Waals surface area contributed by atoms with Crippen LogP contribution >= 0.6 is 0 Å². The van der Waals surface area contributed by atoms with Gasteiger partial charge in [-0.15, -0.1) is 0 Å². The molecule has 0 radical (unpaired) electrons. The highest BCUT2D eigenvalue weighted by Gasteiger charge is 2.67. The molecular formula is C30H40O5. The number of ketones is 1. The van der Waals surface area contributed by atoms with Crippen LogP contribution in [0.25, 0.3) is 0 Å². The molecule has 35 heavy (non-hydrogen) atoms. The maximum absolute atomic E-state index is 13.5. The van der Waals surface area contributed by atoms with E-state index >= 15 is 0 Å². The molecule has 190 valence electrons. The SMILES string of the molecule is COC(=O)[C@@]1(C)CC[C@]2(C)CC[C@]3(C)C4=CC(=O)c5c(cc(O)c(O)c5C)[C@]4(C)CC[C@@]3(C)[C@@H]2C1. The van der Waals surface area contributed by atoms with Crippen molar-refractivity contribution in [3.63, 3.8) is 0 Å². The molecule has 0 amide bonds. The van der Waals surface area contributed by atoms with E-state index in [1.54, 1.807) is 13.0 Å². The molecule has 1 aromatic carbocycles. The molecule has 0 spiro atoms. The van der Waals surface area contributed by atoms with Crippen LogP contribution in [-0.2, 0) is 14.9 Å². The molecule has 5 nitrogen and oxygen atoms in total. The first-order valence-electron chi connectivity index (χ1n) is 13.1. The van der Waals surface area contributed by atoms with Gasteiger partial charge in [-0.25, -0.2) is 0 Å². The number of hydrogen-bond acceptors (Lipinski definition) is 5. The average molecular weight is 481 g/mol. The fourth-order valence-electron chi connectivity index (χ4n) is 8.96. The second-order valence-electron chi connectivity index (χ2n) is 13.3. The van der Waals surface area contributed by atoms with Crippen LogP contribution in [0.15, 0.2) is 17.7 Å². The molecule has 3 saturated carbocycles. The highest BCUT2D eigenvalue weighted by atomic mass is 16.5. The van der Waals surface area contributed by atoms with Gasteiger partial charge in [-0.3, -0.25) is 9.59 Å². The Morgan fingerprint density at radius 1 is 1.00 bits per heavy atom. The van der Waals surface area contributed by atoms with Crippen molar-refractivity contribution in [3.8, 4) is 11.5 Å². The van der Waals surface area contributed by atoms with E-state index in [9.17, 15) is 19.8 Å². The van der Waals surface area contributed by atoms with Crippen molar-refractivity contribution in [1.29, 1.82) is 0 Å². The van der Waals surface area contributed by atoms with Crippen molar-refractivity contribution in [3.05, 3.63) is 34.4 Å². The molecule has 5 heteroatoms. The summed E-state index contributed by atoms with van der Waals surface area (Å²) in [7, 11) is 1.49. The summed E-state index contributed by atoms with van der Waals surface area (Å²) < 4.78 is 5.25. The number of fused-ring (bicyclic) bond motifs is 7. The van der Waals surface area contributed by atoms with Gasteiger partial charge < -0.3 is 14.9 Å². The van der Waals surface area contributed by atoms with Crippen LogP contribution in [0.5, 0.6) is 11.5 Å². The van der Waals surface area contributed by atoms with Crippen LogP contribution in [0.4, 0.5) is 0 Å². The van der Waals surface area contributed by atoms with Crippen molar-refractivity contribution in [1.82, 2.24) is 0 Å². The van der Waals surface area contributed by atoms with Crippen LogP contribution in [0.2, 0.25) is 0 Å². The smallest absolute Gasteiger partial charge is 0.311 e. The summed E-state index contributed by atoms with van der Waals surface area (Å²) in [5.74, 6) is -0.219. The Labute approximate surface area is 209 Å². The zero-order chi connectivity index (χ0) is 25.8. The van der Waals surface area contributed by atoms with Gasteiger partial charge in [0.25, 0.3) is 0 Å². The summed E-state index contributed by atoms with van der Waals surface area (Å²) in [5, 5.41) is 20.8. The van der Waals surface area contributed by atoms with E-state index in [-0.39, 0.29) is 44.9 Å². The number of phenolic OH excluding ortho intramolecular Hbond substituents is 2. The first-order valence-corrected chi connectivity index (χ1v) is 13.1. The maximum atomic E-state index is 13.5. The minimum atomic E-state index is -0.481. The average Bonchev–Trinajstić information content (AvgIpc) is 2.81. The van der Waals surface area contributed by atoms with Crippen molar-refractivity contribution in [2.75, 3.05) is 7.11 Å². The van der Waals surface area contributed by atoms with Gasteiger partial charge in [-0.05, 0) is 104 Å². The standard InChI is InChI=1S/C30H40O5/c1-17-23-18(14-20(32)24(17)33)28(4)11-13-30(6)22-16-27(3,25(34)35-7)9-8-26(22,2)10-12-29(30,5)21(28)15-19(23)31/h14-15,22,32-33H,8-13,16H2,1-7H3/t22-,26-,27+,28+,29-,30+/m1/s1. The van der Waals surface area contributed by atoms with Crippen molar-refractivity contribution < 1.29 is 24.5 Å². The Bertz CT molecular complexity index is 1180. The monoisotopic (exact) mass is 480 g/mol. The number of carbonyl (C=O) groups is 2. The number of rotatable bonds is 1. The molecule has 1 aromatic rings. The highest BCUT2D eigenvalue weighted by Crippen LogP contribution is 2.74. The third-order valence-corrected chi connectivity index (χ3v) is 11.6. The predicted octanol–water partition coefficient (Wildman–Crippen LogP) is 6.37. The van der Waals surface area contributed by atoms with Crippen molar-refractivity contribution in [2.45, 2.75) is 91.9 Å². The Hall–Kier alpha value is -2.30. The number of benzene rings is 1. The van der Waals surface area contributed by atoms with E-state index in [0.29, 0.717) is 17.0 Å².